The minimum Gasteiger partial charge on any atom is -0.497 e. The van der Waals surface area contributed by atoms with Gasteiger partial charge in [0.05, 0.1) is 24.6 Å². The van der Waals surface area contributed by atoms with Crippen LogP contribution < -0.4 is 10.1 Å². The molecule has 2 aromatic carbocycles. The van der Waals surface area contributed by atoms with Crippen LogP contribution in [-0.2, 0) is 17.8 Å². The van der Waals surface area contributed by atoms with Crippen molar-refractivity contribution in [2.75, 3.05) is 7.11 Å². The highest BCUT2D eigenvalue weighted by atomic mass is 16.5. The number of benzene rings is 2. The number of rotatable bonds is 6. The van der Waals surface area contributed by atoms with Crippen molar-refractivity contribution in [3.8, 4) is 5.75 Å². The fraction of sp³-hybridized carbons (Fsp3) is 0.150. The van der Waals surface area contributed by atoms with Crippen LogP contribution in [0, 0.1) is 0 Å². The zero-order chi connectivity index (χ0) is 18.5. The molecule has 6 nitrogen and oxygen atoms in total. The topological polar surface area (TPSA) is 88.5 Å². The molecule has 3 aromatic rings. The van der Waals surface area contributed by atoms with E-state index < -0.39 is 5.97 Å². The molecule has 0 saturated heterocycles. The number of aromatic nitrogens is 1. The highest BCUT2D eigenvalue weighted by molar-refractivity contribution is 6.06. The molecule has 0 radical (unpaired) electrons. The van der Waals surface area contributed by atoms with Gasteiger partial charge < -0.3 is 15.2 Å². The van der Waals surface area contributed by atoms with Crippen LogP contribution in [0.3, 0.4) is 0 Å². The molecule has 0 aliphatic carbocycles. The van der Waals surface area contributed by atoms with Crippen molar-refractivity contribution in [1.29, 1.82) is 0 Å². The quantitative estimate of drug-likeness (QED) is 0.714. The third kappa shape index (κ3) is 3.97. The summed E-state index contributed by atoms with van der Waals surface area (Å²) in [5, 5.41) is 12.4. The normalized spacial score (nSPS) is 10.5. The summed E-state index contributed by atoms with van der Waals surface area (Å²) in [5.41, 5.74) is 2.85. The fourth-order valence-electron chi connectivity index (χ4n) is 2.68. The van der Waals surface area contributed by atoms with Crippen molar-refractivity contribution in [3.05, 3.63) is 71.4 Å². The molecule has 0 saturated carbocycles. The number of nitrogens with zero attached hydrogens (tertiary/aromatic N) is 1. The van der Waals surface area contributed by atoms with Gasteiger partial charge in [0.25, 0.3) is 5.91 Å². The van der Waals surface area contributed by atoms with E-state index in [1.165, 1.54) is 0 Å². The molecule has 0 spiro atoms. The molecule has 2 N–H and O–H groups in total. The minimum atomic E-state index is -0.868. The van der Waals surface area contributed by atoms with Gasteiger partial charge in [-0.2, -0.15) is 0 Å². The Labute approximate surface area is 150 Å². The van der Waals surface area contributed by atoms with Crippen LogP contribution in [0.5, 0.6) is 5.75 Å². The standard InChI is InChI=1S/C20H18N2O4/c1-26-15-6-7-16-17(8-9-21-18(16)11-15)20(25)22-12-14-4-2-13(3-5-14)10-19(23)24/h2-9,11H,10,12H2,1H3,(H,22,25)(H,23,24). The van der Waals surface area contributed by atoms with E-state index in [1.54, 1.807) is 43.6 Å². The van der Waals surface area contributed by atoms with Crippen molar-refractivity contribution < 1.29 is 19.4 Å². The number of carboxylic acid groups (broad SMARTS) is 1. The number of nitrogens with one attached hydrogen (secondary N) is 1. The van der Waals surface area contributed by atoms with Crippen LogP contribution in [0.2, 0.25) is 0 Å². The van der Waals surface area contributed by atoms with Crippen LogP contribution in [0.4, 0.5) is 0 Å². The van der Waals surface area contributed by atoms with E-state index in [2.05, 4.69) is 10.3 Å². The molecule has 1 heterocycles. The third-order valence-electron chi connectivity index (χ3n) is 4.03. The number of hydrogen-bond donors (Lipinski definition) is 2. The lowest BCUT2D eigenvalue weighted by Crippen LogP contribution is -2.23. The molecular weight excluding hydrogens is 332 g/mol. The van der Waals surface area contributed by atoms with Gasteiger partial charge in [-0.15, -0.1) is 0 Å². The first kappa shape index (κ1) is 17.4. The lowest BCUT2D eigenvalue weighted by molar-refractivity contribution is -0.136. The number of aliphatic carboxylic acids is 1. The number of carboxylic acids is 1. The van der Waals surface area contributed by atoms with E-state index in [-0.39, 0.29) is 12.3 Å². The summed E-state index contributed by atoms with van der Waals surface area (Å²) < 4.78 is 5.18. The molecule has 6 heteroatoms. The van der Waals surface area contributed by atoms with Gasteiger partial charge in [0, 0.05) is 24.2 Å². The zero-order valence-corrected chi connectivity index (χ0v) is 14.2. The smallest absolute Gasteiger partial charge is 0.307 e. The molecule has 0 atom stereocenters. The Balaban J connectivity index is 1.72. The molecule has 1 amide bonds. The van der Waals surface area contributed by atoms with E-state index in [4.69, 9.17) is 9.84 Å². The first-order valence-electron chi connectivity index (χ1n) is 8.07. The van der Waals surface area contributed by atoms with E-state index in [0.717, 1.165) is 16.5 Å². The van der Waals surface area contributed by atoms with Gasteiger partial charge in [0.15, 0.2) is 0 Å². The molecule has 0 unspecified atom stereocenters. The average Bonchev–Trinajstić information content (AvgIpc) is 2.65. The number of fused-ring (bicyclic) bond motifs is 1. The lowest BCUT2D eigenvalue weighted by Gasteiger charge is -2.09. The second-order valence-corrected chi connectivity index (χ2v) is 5.81. The Morgan fingerprint density at radius 1 is 1.08 bits per heavy atom. The van der Waals surface area contributed by atoms with Gasteiger partial charge in [-0.25, -0.2) is 0 Å². The van der Waals surface area contributed by atoms with Gasteiger partial charge >= 0.3 is 5.97 Å². The van der Waals surface area contributed by atoms with Crippen LogP contribution in [0.1, 0.15) is 21.5 Å². The first-order valence-corrected chi connectivity index (χ1v) is 8.07. The maximum Gasteiger partial charge on any atom is 0.307 e. The second kappa shape index (κ2) is 7.65. The van der Waals surface area contributed by atoms with Gasteiger partial charge in [-0.05, 0) is 29.3 Å². The van der Waals surface area contributed by atoms with E-state index in [9.17, 15) is 9.59 Å². The average molecular weight is 350 g/mol. The van der Waals surface area contributed by atoms with Crippen LogP contribution in [0.15, 0.2) is 54.7 Å². The van der Waals surface area contributed by atoms with Gasteiger partial charge in [-0.1, -0.05) is 24.3 Å². The summed E-state index contributed by atoms with van der Waals surface area (Å²) in [5.74, 6) is -0.381. The fourth-order valence-corrected chi connectivity index (χ4v) is 2.68. The number of pyridine rings is 1. The molecule has 0 fully saturated rings. The van der Waals surface area contributed by atoms with Crippen molar-refractivity contribution >= 4 is 22.8 Å². The Hall–Kier alpha value is -3.41. The lowest BCUT2D eigenvalue weighted by atomic mass is 10.1. The summed E-state index contributed by atoms with van der Waals surface area (Å²) in [7, 11) is 1.58. The third-order valence-corrected chi connectivity index (χ3v) is 4.03. The summed E-state index contributed by atoms with van der Waals surface area (Å²) in [6.45, 7) is 0.353. The molecule has 3 rings (SSSR count). The molecule has 26 heavy (non-hydrogen) atoms. The van der Waals surface area contributed by atoms with Gasteiger partial charge in [0.1, 0.15) is 5.75 Å². The highest BCUT2D eigenvalue weighted by Crippen LogP contribution is 2.22. The summed E-state index contributed by atoms with van der Waals surface area (Å²) in [6.07, 6.45) is 1.58. The van der Waals surface area contributed by atoms with Crippen molar-refractivity contribution in [3.63, 3.8) is 0 Å². The Morgan fingerprint density at radius 3 is 2.50 bits per heavy atom. The number of carbonyl (C=O) groups is 2. The Kier molecular flexibility index (Phi) is 5.12. The van der Waals surface area contributed by atoms with Crippen LogP contribution >= 0.6 is 0 Å². The maximum atomic E-state index is 12.6. The first-order chi connectivity index (χ1) is 12.6. The van der Waals surface area contributed by atoms with Crippen molar-refractivity contribution in [1.82, 2.24) is 10.3 Å². The number of methoxy groups -OCH3 is 1. The number of ether oxygens (including phenoxy) is 1. The number of carbonyl (C=O) groups excluding carboxylic acids is 1. The van der Waals surface area contributed by atoms with E-state index in [0.29, 0.717) is 23.4 Å². The Bertz CT molecular complexity index is 952. The van der Waals surface area contributed by atoms with Crippen LogP contribution in [-0.4, -0.2) is 29.1 Å². The number of amides is 1. The summed E-state index contributed by atoms with van der Waals surface area (Å²) in [6, 6.07) is 14.2. The SMILES string of the molecule is COc1ccc2c(C(=O)NCc3ccc(CC(=O)O)cc3)ccnc2c1. The molecular formula is C20H18N2O4. The van der Waals surface area contributed by atoms with Gasteiger partial charge in [0.2, 0.25) is 0 Å². The molecule has 0 aliphatic heterocycles. The monoisotopic (exact) mass is 350 g/mol. The molecule has 0 aliphatic rings. The minimum absolute atomic E-state index is 0.0148. The zero-order valence-electron chi connectivity index (χ0n) is 14.2. The maximum absolute atomic E-state index is 12.6. The predicted octanol–water partition coefficient (Wildman–Crippen LogP) is 2.80. The highest BCUT2D eigenvalue weighted by Gasteiger charge is 2.11. The van der Waals surface area contributed by atoms with E-state index in [1.807, 2.05) is 18.2 Å². The van der Waals surface area contributed by atoms with Crippen molar-refractivity contribution in [2.24, 2.45) is 0 Å². The van der Waals surface area contributed by atoms with E-state index >= 15 is 0 Å². The van der Waals surface area contributed by atoms with Crippen LogP contribution in [0.25, 0.3) is 10.9 Å². The van der Waals surface area contributed by atoms with Gasteiger partial charge in [-0.3, -0.25) is 14.6 Å². The summed E-state index contributed by atoms with van der Waals surface area (Å²) >= 11 is 0. The van der Waals surface area contributed by atoms with Crippen molar-refractivity contribution in [2.45, 2.75) is 13.0 Å². The predicted molar refractivity (Wildman–Crippen MR) is 97.2 cm³/mol. The molecule has 132 valence electrons. The largest absolute Gasteiger partial charge is 0.497 e. The summed E-state index contributed by atoms with van der Waals surface area (Å²) in [4.78, 5) is 27.5. The second-order valence-electron chi connectivity index (χ2n) is 5.81. The number of hydrogen-bond acceptors (Lipinski definition) is 4. The Morgan fingerprint density at radius 2 is 1.81 bits per heavy atom. The molecule has 1 aromatic heterocycles. The molecule has 0 bridgehead atoms.